The third-order valence-corrected chi connectivity index (χ3v) is 6.73. The molecule has 0 aliphatic heterocycles. The molecule has 0 bridgehead atoms. The summed E-state index contributed by atoms with van der Waals surface area (Å²) >= 11 is 0. The molecule has 0 amide bonds. The fourth-order valence-electron chi connectivity index (χ4n) is 4.62. The molecular formula is C28H35NO2. The number of nitrogens with zero attached hydrogens (tertiary/aromatic N) is 1. The van der Waals surface area contributed by atoms with Crippen LogP contribution in [0.5, 0.6) is 5.75 Å². The average molecular weight is 418 g/mol. The van der Waals surface area contributed by atoms with E-state index in [2.05, 4.69) is 32.0 Å². The van der Waals surface area contributed by atoms with Gasteiger partial charge in [-0.3, -0.25) is 0 Å². The first-order valence-electron chi connectivity index (χ1n) is 12.0. The highest BCUT2D eigenvalue weighted by atomic mass is 16.5. The van der Waals surface area contributed by atoms with E-state index in [-0.39, 0.29) is 0 Å². The summed E-state index contributed by atoms with van der Waals surface area (Å²) in [5.41, 5.74) is 3.38. The Bertz CT molecular complexity index is 886. The SMILES string of the molecule is CCCCCCc1ccc(OC(=O)c2ccc(C3CCC(CC)CC3)cc2)c(C#N)c1. The number of rotatable bonds is 9. The minimum Gasteiger partial charge on any atom is -0.422 e. The summed E-state index contributed by atoms with van der Waals surface area (Å²) in [6.07, 6.45) is 12.1. The van der Waals surface area contributed by atoms with E-state index < -0.39 is 5.97 Å². The summed E-state index contributed by atoms with van der Waals surface area (Å²) in [5.74, 6) is 1.41. The van der Waals surface area contributed by atoms with Crippen molar-refractivity contribution in [2.45, 2.75) is 84.0 Å². The first-order chi connectivity index (χ1) is 15.1. The van der Waals surface area contributed by atoms with Crippen molar-refractivity contribution in [3.8, 4) is 11.8 Å². The van der Waals surface area contributed by atoms with Crippen LogP contribution in [0.1, 0.15) is 105 Å². The molecule has 0 heterocycles. The highest BCUT2D eigenvalue weighted by Gasteiger charge is 2.21. The maximum atomic E-state index is 12.6. The highest BCUT2D eigenvalue weighted by molar-refractivity contribution is 5.91. The van der Waals surface area contributed by atoms with Crippen LogP contribution in [0.4, 0.5) is 0 Å². The van der Waals surface area contributed by atoms with Crippen LogP contribution < -0.4 is 4.74 Å². The largest absolute Gasteiger partial charge is 0.422 e. The van der Waals surface area contributed by atoms with Gasteiger partial charge < -0.3 is 4.74 Å². The van der Waals surface area contributed by atoms with Gasteiger partial charge in [0.15, 0.2) is 0 Å². The molecule has 3 rings (SSSR count). The number of hydrogen-bond donors (Lipinski definition) is 0. The van der Waals surface area contributed by atoms with Gasteiger partial charge >= 0.3 is 5.97 Å². The van der Waals surface area contributed by atoms with E-state index in [1.165, 1.54) is 56.9 Å². The Kier molecular flexibility index (Phi) is 8.71. The minimum atomic E-state index is -0.409. The number of benzene rings is 2. The van der Waals surface area contributed by atoms with Gasteiger partial charge in [-0.25, -0.2) is 4.79 Å². The fourth-order valence-corrected chi connectivity index (χ4v) is 4.62. The van der Waals surface area contributed by atoms with Gasteiger partial charge in [0.1, 0.15) is 11.8 Å². The molecule has 1 aliphatic rings. The van der Waals surface area contributed by atoms with E-state index in [9.17, 15) is 10.1 Å². The molecule has 31 heavy (non-hydrogen) atoms. The van der Waals surface area contributed by atoms with Crippen molar-refractivity contribution in [2.24, 2.45) is 5.92 Å². The van der Waals surface area contributed by atoms with Gasteiger partial charge in [-0.05, 0) is 85.8 Å². The van der Waals surface area contributed by atoms with Crippen molar-refractivity contribution < 1.29 is 9.53 Å². The first-order valence-corrected chi connectivity index (χ1v) is 12.0. The number of ether oxygens (including phenoxy) is 1. The Hall–Kier alpha value is -2.60. The maximum absolute atomic E-state index is 12.6. The standard InChI is InChI=1S/C28H35NO2/c1-3-5-6-7-8-22-11-18-27(26(19-22)20-29)31-28(30)25-16-14-24(15-17-25)23-12-9-21(4-2)10-13-23/h11,14-19,21,23H,3-10,12-13H2,1-2H3. The van der Waals surface area contributed by atoms with Crippen molar-refractivity contribution in [3.05, 3.63) is 64.7 Å². The second-order valence-electron chi connectivity index (χ2n) is 8.89. The number of hydrogen-bond acceptors (Lipinski definition) is 3. The summed E-state index contributed by atoms with van der Waals surface area (Å²) < 4.78 is 5.57. The normalized spacial score (nSPS) is 18.4. The van der Waals surface area contributed by atoms with Gasteiger partial charge in [-0.1, -0.05) is 57.7 Å². The summed E-state index contributed by atoms with van der Waals surface area (Å²) in [5, 5.41) is 9.51. The van der Waals surface area contributed by atoms with Crippen molar-refractivity contribution in [3.63, 3.8) is 0 Å². The molecule has 2 aromatic rings. The third-order valence-electron chi connectivity index (χ3n) is 6.73. The minimum absolute atomic E-state index is 0.340. The van der Waals surface area contributed by atoms with Gasteiger partial charge in [0.25, 0.3) is 0 Å². The lowest BCUT2D eigenvalue weighted by Crippen LogP contribution is -2.13. The quantitative estimate of drug-likeness (QED) is 0.240. The van der Waals surface area contributed by atoms with Crippen LogP contribution in [0.25, 0.3) is 0 Å². The molecular weight excluding hydrogens is 382 g/mol. The summed E-state index contributed by atoms with van der Waals surface area (Å²) in [4.78, 5) is 12.6. The molecule has 0 radical (unpaired) electrons. The van der Waals surface area contributed by atoms with Gasteiger partial charge in [0.2, 0.25) is 0 Å². The summed E-state index contributed by atoms with van der Waals surface area (Å²) in [7, 11) is 0. The number of unbranched alkanes of at least 4 members (excludes halogenated alkanes) is 3. The lowest BCUT2D eigenvalue weighted by molar-refractivity contribution is 0.0734. The van der Waals surface area contributed by atoms with Crippen LogP contribution in [-0.2, 0) is 6.42 Å². The molecule has 3 nitrogen and oxygen atoms in total. The maximum Gasteiger partial charge on any atom is 0.343 e. The van der Waals surface area contributed by atoms with Gasteiger partial charge in [-0.15, -0.1) is 0 Å². The zero-order valence-electron chi connectivity index (χ0n) is 19.0. The first kappa shape index (κ1) is 23.1. The Morgan fingerprint density at radius 2 is 1.74 bits per heavy atom. The van der Waals surface area contributed by atoms with E-state index in [1.807, 2.05) is 24.3 Å². The van der Waals surface area contributed by atoms with E-state index in [4.69, 9.17) is 4.74 Å². The van der Waals surface area contributed by atoms with Crippen molar-refractivity contribution in [1.29, 1.82) is 5.26 Å². The van der Waals surface area contributed by atoms with Crippen LogP contribution in [0.2, 0.25) is 0 Å². The zero-order valence-corrected chi connectivity index (χ0v) is 19.0. The number of aryl methyl sites for hydroxylation is 1. The molecule has 0 aromatic heterocycles. The van der Waals surface area contributed by atoms with Crippen molar-refractivity contribution >= 4 is 5.97 Å². The monoisotopic (exact) mass is 417 g/mol. The highest BCUT2D eigenvalue weighted by Crippen LogP contribution is 2.37. The Balaban J connectivity index is 1.60. The van der Waals surface area contributed by atoms with Crippen LogP contribution in [0.15, 0.2) is 42.5 Å². The van der Waals surface area contributed by atoms with E-state index >= 15 is 0 Å². The van der Waals surface area contributed by atoms with E-state index in [0.29, 0.717) is 22.8 Å². The lowest BCUT2D eigenvalue weighted by atomic mass is 9.78. The molecule has 0 saturated heterocycles. The molecule has 0 spiro atoms. The number of nitriles is 1. The third kappa shape index (κ3) is 6.44. The molecule has 0 unspecified atom stereocenters. The smallest absolute Gasteiger partial charge is 0.343 e. The fraction of sp³-hybridized carbons (Fsp3) is 0.500. The predicted molar refractivity (Wildman–Crippen MR) is 125 cm³/mol. The molecule has 1 saturated carbocycles. The number of carbonyl (C=O) groups is 1. The molecule has 1 fully saturated rings. The van der Waals surface area contributed by atoms with Crippen LogP contribution >= 0.6 is 0 Å². The van der Waals surface area contributed by atoms with Crippen molar-refractivity contribution in [1.82, 2.24) is 0 Å². The van der Waals surface area contributed by atoms with E-state index in [0.717, 1.165) is 24.3 Å². The van der Waals surface area contributed by atoms with Crippen LogP contribution in [0.3, 0.4) is 0 Å². The van der Waals surface area contributed by atoms with Gasteiger partial charge in [0, 0.05) is 0 Å². The number of esters is 1. The number of carbonyl (C=O) groups excluding carboxylic acids is 1. The molecule has 164 valence electrons. The molecule has 0 N–H and O–H groups in total. The van der Waals surface area contributed by atoms with Crippen molar-refractivity contribution in [2.75, 3.05) is 0 Å². The predicted octanol–water partition coefficient (Wildman–Crippen LogP) is 7.58. The zero-order chi connectivity index (χ0) is 22.1. The summed E-state index contributed by atoms with van der Waals surface area (Å²) in [6.45, 7) is 4.48. The summed E-state index contributed by atoms with van der Waals surface area (Å²) in [6, 6.07) is 15.6. The molecule has 2 aromatic carbocycles. The topological polar surface area (TPSA) is 50.1 Å². The second-order valence-corrected chi connectivity index (χ2v) is 8.89. The van der Waals surface area contributed by atoms with Crippen LogP contribution in [-0.4, -0.2) is 5.97 Å². The van der Waals surface area contributed by atoms with Crippen LogP contribution in [0, 0.1) is 17.2 Å². The Morgan fingerprint density at radius 3 is 2.39 bits per heavy atom. The molecule has 1 aliphatic carbocycles. The molecule has 3 heteroatoms. The van der Waals surface area contributed by atoms with Gasteiger partial charge in [-0.2, -0.15) is 5.26 Å². The Labute approximate surface area is 187 Å². The lowest BCUT2D eigenvalue weighted by Gasteiger charge is -2.28. The van der Waals surface area contributed by atoms with E-state index in [1.54, 1.807) is 6.07 Å². The second kappa shape index (κ2) is 11.7. The van der Waals surface area contributed by atoms with Gasteiger partial charge in [0.05, 0.1) is 11.1 Å². The molecule has 0 atom stereocenters. The average Bonchev–Trinajstić information content (AvgIpc) is 2.82. The Morgan fingerprint density at radius 1 is 1.00 bits per heavy atom.